The Morgan fingerprint density at radius 3 is 2.80 bits per heavy atom. The van der Waals surface area contributed by atoms with Crippen LogP contribution in [-0.2, 0) is 0 Å². The first-order valence-corrected chi connectivity index (χ1v) is 7.57. The number of hydrogen-bond donors (Lipinski definition) is 2. The summed E-state index contributed by atoms with van der Waals surface area (Å²) in [6.45, 7) is 9.61. The second-order valence-electron chi connectivity index (χ2n) is 6.17. The number of carbonyl (C=O) groups excluding carboxylic acids is 1. The van der Waals surface area contributed by atoms with Crippen LogP contribution in [-0.4, -0.2) is 34.4 Å². The monoisotopic (exact) mass is 294 g/mol. The average Bonchev–Trinajstić information content (AvgIpc) is 2.66. The van der Waals surface area contributed by atoms with Gasteiger partial charge in [0.05, 0.1) is 0 Å². The molecule has 3 N–H and O–H groups in total. The van der Waals surface area contributed by atoms with Crippen LogP contribution in [0.5, 0.6) is 0 Å². The fourth-order valence-corrected chi connectivity index (χ4v) is 3.15. The number of hydrogen-bond acceptors (Lipinski definition) is 5. The zero-order valence-corrected chi connectivity index (χ0v) is 13.3. The molecular formula is C14H22N4OS. The molecule has 0 unspecified atom stereocenters. The Bertz CT molecular complexity index is 542. The molecule has 1 aromatic heterocycles. The van der Waals surface area contributed by atoms with Crippen LogP contribution < -0.4 is 11.1 Å². The number of amides is 1. The molecule has 1 aliphatic heterocycles. The standard InChI is InChI=1S/C14H22N4OS/c1-9-6-5-7-18(8-9)12(19)10-11(15)16-13(20-10)17-14(2,3)4/h6H,5,7-8,15H2,1-4H3,(H,16,17). The number of rotatable bonds is 2. The van der Waals surface area contributed by atoms with E-state index in [0.717, 1.165) is 13.0 Å². The minimum Gasteiger partial charge on any atom is -0.382 e. The van der Waals surface area contributed by atoms with E-state index in [9.17, 15) is 4.79 Å². The molecular weight excluding hydrogens is 272 g/mol. The fraction of sp³-hybridized carbons (Fsp3) is 0.571. The molecule has 0 aliphatic carbocycles. The van der Waals surface area contributed by atoms with Gasteiger partial charge < -0.3 is 16.0 Å². The van der Waals surface area contributed by atoms with Crippen molar-refractivity contribution in [2.75, 3.05) is 24.1 Å². The molecule has 0 aromatic carbocycles. The van der Waals surface area contributed by atoms with E-state index in [0.29, 0.717) is 22.4 Å². The van der Waals surface area contributed by atoms with E-state index in [4.69, 9.17) is 5.73 Å². The lowest BCUT2D eigenvalue weighted by atomic mass is 10.1. The lowest BCUT2D eigenvalue weighted by molar-refractivity contribution is 0.0771. The van der Waals surface area contributed by atoms with Gasteiger partial charge in [0.25, 0.3) is 5.91 Å². The number of aromatic nitrogens is 1. The van der Waals surface area contributed by atoms with Gasteiger partial charge in [-0.15, -0.1) is 0 Å². The topological polar surface area (TPSA) is 71.2 Å². The van der Waals surface area contributed by atoms with Crippen LogP contribution in [0.15, 0.2) is 11.6 Å². The van der Waals surface area contributed by atoms with E-state index in [1.807, 2.05) is 32.6 Å². The Balaban J connectivity index is 2.16. The summed E-state index contributed by atoms with van der Waals surface area (Å²) < 4.78 is 0. The predicted molar refractivity (Wildman–Crippen MR) is 84.2 cm³/mol. The zero-order chi connectivity index (χ0) is 14.9. The molecule has 1 aromatic rings. The molecule has 1 amide bonds. The van der Waals surface area contributed by atoms with Crippen molar-refractivity contribution >= 4 is 28.2 Å². The van der Waals surface area contributed by atoms with Gasteiger partial charge in [0.2, 0.25) is 0 Å². The van der Waals surface area contributed by atoms with Crippen molar-refractivity contribution in [2.45, 2.75) is 39.7 Å². The number of nitrogens with zero attached hydrogens (tertiary/aromatic N) is 2. The summed E-state index contributed by atoms with van der Waals surface area (Å²) >= 11 is 1.33. The number of thiazole rings is 1. The van der Waals surface area contributed by atoms with Crippen molar-refractivity contribution in [3.63, 3.8) is 0 Å². The lowest BCUT2D eigenvalue weighted by Gasteiger charge is -2.25. The second-order valence-corrected chi connectivity index (χ2v) is 7.17. The SMILES string of the molecule is CC1=CCCN(C(=O)c2sc(NC(C)(C)C)nc2N)C1. The molecule has 0 atom stereocenters. The molecule has 110 valence electrons. The fourth-order valence-electron chi connectivity index (χ4n) is 2.09. The summed E-state index contributed by atoms with van der Waals surface area (Å²) in [5, 5.41) is 3.95. The van der Waals surface area contributed by atoms with Crippen LogP contribution in [0.1, 0.15) is 43.8 Å². The van der Waals surface area contributed by atoms with Gasteiger partial charge in [0.1, 0.15) is 10.7 Å². The number of nitrogens with two attached hydrogens (primary N) is 1. The molecule has 0 spiro atoms. The zero-order valence-electron chi connectivity index (χ0n) is 12.5. The summed E-state index contributed by atoms with van der Waals surface area (Å²) in [6.07, 6.45) is 3.08. The molecule has 0 radical (unpaired) electrons. The Labute approximate surface area is 123 Å². The molecule has 2 rings (SSSR count). The maximum Gasteiger partial charge on any atom is 0.268 e. The first-order valence-electron chi connectivity index (χ1n) is 6.75. The first kappa shape index (κ1) is 14.8. The third-order valence-electron chi connectivity index (χ3n) is 2.95. The van der Waals surface area contributed by atoms with Crippen LogP contribution in [0.2, 0.25) is 0 Å². The highest BCUT2D eigenvalue weighted by molar-refractivity contribution is 7.18. The molecule has 1 aliphatic rings. The van der Waals surface area contributed by atoms with Crippen LogP contribution in [0.3, 0.4) is 0 Å². The van der Waals surface area contributed by atoms with Gasteiger partial charge in [-0.25, -0.2) is 4.98 Å². The summed E-state index contributed by atoms with van der Waals surface area (Å²) in [5.41, 5.74) is 7.02. The first-order chi connectivity index (χ1) is 9.26. The van der Waals surface area contributed by atoms with Gasteiger partial charge in [-0.1, -0.05) is 23.0 Å². The van der Waals surface area contributed by atoms with Gasteiger partial charge in [-0.05, 0) is 34.1 Å². The largest absolute Gasteiger partial charge is 0.382 e. The summed E-state index contributed by atoms with van der Waals surface area (Å²) in [5.74, 6) is 0.299. The van der Waals surface area contributed by atoms with E-state index in [2.05, 4.69) is 16.4 Å². The van der Waals surface area contributed by atoms with Crippen molar-refractivity contribution < 1.29 is 4.79 Å². The Morgan fingerprint density at radius 1 is 1.50 bits per heavy atom. The van der Waals surface area contributed by atoms with Crippen molar-refractivity contribution in [3.05, 3.63) is 16.5 Å². The average molecular weight is 294 g/mol. The normalized spacial score (nSPS) is 16.0. The van der Waals surface area contributed by atoms with Crippen LogP contribution in [0.25, 0.3) is 0 Å². The smallest absolute Gasteiger partial charge is 0.268 e. The van der Waals surface area contributed by atoms with Gasteiger partial charge in [0.15, 0.2) is 5.13 Å². The van der Waals surface area contributed by atoms with Crippen molar-refractivity contribution in [1.29, 1.82) is 0 Å². The Morgan fingerprint density at radius 2 is 2.20 bits per heavy atom. The lowest BCUT2D eigenvalue weighted by Crippen LogP contribution is -2.35. The van der Waals surface area contributed by atoms with Crippen molar-refractivity contribution in [3.8, 4) is 0 Å². The minimum atomic E-state index is -0.102. The summed E-state index contributed by atoms with van der Waals surface area (Å²) in [4.78, 5) is 19.1. The summed E-state index contributed by atoms with van der Waals surface area (Å²) in [6, 6.07) is 0. The number of anilines is 2. The molecule has 2 heterocycles. The highest BCUT2D eigenvalue weighted by Gasteiger charge is 2.24. The van der Waals surface area contributed by atoms with Crippen LogP contribution >= 0.6 is 11.3 Å². The third kappa shape index (κ3) is 3.50. The highest BCUT2D eigenvalue weighted by atomic mass is 32.1. The maximum atomic E-state index is 12.5. The van der Waals surface area contributed by atoms with Gasteiger partial charge >= 0.3 is 0 Å². The molecule has 0 saturated heterocycles. The molecule has 0 fully saturated rings. The quantitative estimate of drug-likeness (QED) is 0.823. The van der Waals surface area contributed by atoms with Gasteiger partial charge in [0, 0.05) is 18.6 Å². The summed E-state index contributed by atoms with van der Waals surface area (Å²) in [7, 11) is 0. The third-order valence-corrected chi connectivity index (χ3v) is 3.92. The molecule has 6 heteroatoms. The molecule has 5 nitrogen and oxygen atoms in total. The molecule has 20 heavy (non-hydrogen) atoms. The second kappa shape index (κ2) is 5.44. The minimum absolute atomic E-state index is 0.0191. The van der Waals surface area contributed by atoms with E-state index in [-0.39, 0.29) is 11.4 Å². The van der Waals surface area contributed by atoms with E-state index >= 15 is 0 Å². The van der Waals surface area contributed by atoms with Gasteiger partial charge in [-0.3, -0.25) is 4.79 Å². The van der Waals surface area contributed by atoms with Crippen LogP contribution in [0.4, 0.5) is 10.9 Å². The number of carbonyl (C=O) groups is 1. The highest BCUT2D eigenvalue weighted by Crippen LogP contribution is 2.29. The molecule has 0 bridgehead atoms. The van der Waals surface area contributed by atoms with E-state index in [1.54, 1.807) is 0 Å². The maximum absolute atomic E-state index is 12.5. The Hall–Kier alpha value is -1.56. The van der Waals surface area contributed by atoms with Crippen LogP contribution in [0, 0.1) is 0 Å². The number of nitrogens with one attached hydrogen (secondary N) is 1. The van der Waals surface area contributed by atoms with E-state index < -0.39 is 0 Å². The predicted octanol–water partition coefficient (Wildman–Crippen LogP) is 2.73. The number of nitrogen functional groups attached to an aromatic ring is 1. The molecule has 0 saturated carbocycles. The Kier molecular flexibility index (Phi) is 4.04. The van der Waals surface area contributed by atoms with Crippen molar-refractivity contribution in [1.82, 2.24) is 9.88 Å². The van der Waals surface area contributed by atoms with E-state index in [1.165, 1.54) is 16.9 Å². The van der Waals surface area contributed by atoms with Gasteiger partial charge in [-0.2, -0.15) is 0 Å². The van der Waals surface area contributed by atoms with Crippen molar-refractivity contribution in [2.24, 2.45) is 0 Å².